The Labute approximate surface area is 203 Å². The van der Waals surface area contributed by atoms with Gasteiger partial charge in [0, 0.05) is 12.1 Å². The molecule has 1 amide bonds. The van der Waals surface area contributed by atoms with Crippen LogP contribution in [0.1, 0.15) is 16.8 Å². The lowest BCUT2D eigenvalue weighted by Crippen LogP contribution is -2.27. The number of sulfonamides is 1. The Kier molecular flexibility index (Phi) is 7.21. The maximum Gasteiger partial charge on any atom is 0.238 e. The van der Waals surface area contributed by atoms with Crippen molar-refractivity contribution in [2.75, 3.05) is 6.54 Å². The second-order valence-electron chi connectivity index (χ2n) is 7.99. The Bertz CT molecular complexity index is 1380. The molecule has 0 unspecified atom stereocenters. The van der Waals surface area contributed by atoms with E-state index in [-0.39, 0.29) is 17.2 Å². The van der Waals surface area contributed by atoms with Crippen LogP contribution in [0.5, 0.6) is 0 Å². The number of benzene rings is 3. The maximum atomic E-state index is 12.7. The average molecular weight is 492 g/mol. The topological polar surface area (TPSA) is 102 Å². The zero-order valence-corrected chi connectivity index (χ0v) is 20.3. The van der Waals surface area contributed by atoms with Crippen LogP contribution in [-0.4, -0.2) is 25.9 Å². The number of carbonyl (C=O) groups excluding carboxylic acids is 1. The number of primary sulfonamides is 1. The van der Waals surface area contributed by atoms with Gasteiger partial charge >= 0.3 is 0 Å². The number of hydrogen-bond donors (Lipinski definition) is 2. The highest BCUT2D eigenvalue weighted by Gasteiger charge is 2.17. The smallest absolute Gasteiger partial charge is 0.238 e. The number of aromatic nitrogens is 1. The van der Waals surface area contributed by atoms with Crippen LogP contribution >= 0.6 is 11.3 Å². The van der Waals surface area contributed by atoms with Gasteiger partial charge in [-0.25, -0.2) is 18.5 Å². The van der Waals surface area contributed by atoms with E-state index in [4.69, 9.17) is 10.1 Å². The molecule has 0 spiro atoms. The number of hydrogen-bond acceptors (Lipinski definition) is 5. The molecule has 174 valence electrons. The van der Waals surface area contributed by atoms with Crippen molar-refractivity contribution in [2.45, 2.75) is 24.7 Å². The fourth-order valence-corrected chi connectivity index (χ4v) is 5.12. The minimum absolute atomic E-state index is 0.0710. The third kappa shape index (κ3) is 5.96. The summed E-state index contributed by atoms with van der Waals surface area (Å²) in [5.74, 6) is -0.112. The van der Waals surface area contributed by atoms with Crippen LogP contribution in [0, 0.1) is 6.92 Å². The van der Waals surface area contributed by atoms with Crippen molar-refractivity contribution in [1.82, 2.24) is 10.3 Å². The normalized spacial score (nSPS) is 11.4. The van der Waals surface area contributed by atoms with Gasteiger partial charge in [-0.3, -0.25) is 4.79 Å². The van der Waals surface area contributed by atoms with Gasteiger partial charge in [-0.2, -0.15) is 0 Å². The van der Waals surface area contributed by atoms with E-state index in [1.165, 1.54) is 17.7 Å². The van der Waals surface area contributed by atoms with Gasteiger partial charge in [-0.05, 0) is 36.6 Å². The molecule has 0 aliphatic rings. The summed E-state index contributed by atoms with van der Waals surface area (Å²) in [6, 6.07) is 24.5. The molecule has 0 aliphatic heterocycles. The lowest BCUT2D eigenvalue weighted by Gasteiger charge is -2.07. The quantitative estimate of drug-likeness (QED) is 0.383. The van der Waals surface area contributed by atoms with Crippen LogP contribution in [0.25, 0.3) is 21.0 Å². The first-order chi connectivity index (χ1) is 16.3. The Morgan fingerprint density at radius 2 is 1.62 bits per heavy atom. The molecule has 0 radical (unpaired) electrons. The minimum atomic E-state index is -3.71. The summed E-state index contributed by atoms with van der Waals surface area (Å²) in [5, 5.41) is 8.96. The zero-order valence-electron chi connectivity index (χ0n) is 18.7. The monoisotopic (exact) mass is 491 g/mol. The third-order valence-corrected chi connectivity index (χ3v) is 7.47. The molecule has 8 heteroatoms. The van der Waals surface area contributed by atoms with Crippen molar-refractivity contribution < 1.29 is 13.2 Å². The summed E-state index contributed by atoms with van der Waals surface area (Å²) in [6.45, 7) is 2.48. The van der Waals surface area contributed by atoms with Crippen molar-refractivity contribution in [3.8, 4) is 21.0 Å². The summed E-state index contributed by atoms with van der Waals surface area (Å²) in [7, 11) is -3.71. The van der Waals surface area contributed by atoms with E-state index in [9.17, 15) is 13.2 Å². The summed E-state index contributed by atoms with van der Waals surface area (Å²) in [5.41, 5.74) is 4.90. The second-order valence-corrected chi connectivity index (χ2v) is 10.6. The SMILES string of the molecule is Cc1ccc(-c2sc(-c3ccccc3)nc2CC(=O)NCCc2ccc(S(N)(=O)=O)cc2)cc1. The van der Waals surface area contributed by atoms with Gasteiger partial charge in [-0.15, -0.1) is 11.3 Å². The number of amides is 1. The van der Waals surface area contributed by atoms with Crippen LogP contribution in [-0.2, 0) is 27.7 Å². The van der Waals surface area contributed by atoms with Crippen molar-refractivity contribution in [2.24, 2.45) is 5.14 Å². The zero-order chi connectivity index (χ0) is 24.1. The van der Waals surface area contributed by atoms with Gasteiger partial charge in [0.15, 0.2) is 0 Å². The number of thiazole rings is 1. The fourth-order valence-electron chi connectivity index (χ4n) is 3.51. The van der Waals surface area contributed by atoms with Gasteiger partial charge in [0.1, 0.15) is 5.01 Å². The highest BCUT2D eigenvalue weighted by molar-refractivity contribution is 7.89. The Morgan fingerprint density at radius 1 is 0.941 bits per heavy atom. The molecule has 0 saturated carbocycles. The largest absolute Gasteiger partial charge is 0.355 e. The molecule has 4 rings (SSSR count). The molecule has 0 fully saturated rings. The van der Waals surface area contributed by atoms with E-state index in [1.54, 1.807) is 23.5 Å². The van der Waals surface area contributed by atoms with E-state index < -0.39 is 10.0 Å². The maximum absolute atomic E-state index is 12.7. The Hall–Kier alpha value is -3.33. The Morgan fingerprint density at radius 3 is 2.26 bits per heavy atom. The van der Waals surface area contributed by atoms with E-state index >= 15 is 0 Å². The van der Waals surface area contributed by atoms with Gasteiger partial charge in [-0.1, -0.05) is 72.3 Å². The fraction of sp³-hybridized carbons (Fsp3) is 0.154. The van der Waals surface area contributed by atoms with Crippen LogP contribution in [0.15, 0.2) is 83.8 Å². The molecule has 6 nitrogen and oxygen atoms in total. The summed E-state index contributed by atoms with van der Waals surface area (Å²) in [4.78, 5) is 18.6. The Balaban J connectivity index is 1.46. The number of nitrogens with zero attached hydrogens (tertiary/aromatic N) is 1. The molecule has 0 bridgehead atoms. The van der Waals surface area contributed by atoms with E-state index in [2.05, 4.69) is 29.6 Å². The first-order valence-electron chi connectivity index (χ1n) is 10.8. The predicted octanol–water partition coefficient (Wildman–Crippen LogP) is 4.33. The average Bonchev–Trinajstić information content (AvgIpc) is 3.23. The van der Waals surface area contributed by atoms with Gasteiger partial charge in [0.25, 0.3) is 0 Å². The second kappa shape index (κ2) is 10.3. The number of nitrogens with two attached hydrogens (primary N) is 1. The molecular formula is C26H25N3O3S2. The summed E-state index contributed by atoms with van der Waals surface area (Å²) >= 11 is 1.59. The number of nitrogens with one attached hydrogen (secondary N) is 1. The third-order valence-electron chi connectivity index (χ3n) is 5.35. The molecule has 3 aromatic carbocycles. The highest BCUT2D eigenvalue weighted by atomic mass is 32.2. The van der Waals surface area contributed by atoms with Crippen molar-refractivity contribution in [1.29, 1.82) is 0 Å². The molecule has 1 heterocycles. The van der Waals surface area contributed by atoms with Gasteiger partial charge < -0.3 is 5.32 Å². The molecule has 34 heavy (non-hydrogen) atoms. The van der Waals surface area contributed by atoms with Crippen molar-refractivity contribution >= 4 is 27.3 Å². The van der Waals surface area contributed by atoms with Gasteiger partial charge in [0.05, 0.1) is 21.9 Å². The van der Waals surface area contributed by atoms with E-state index in [0.29, 0.717) is 13.0 Å². The molecule has 0 atom stereocenters. The van der Waals surface area contributed by atoms with Crippen molar-refractivity contribution in [3.63, 3.8) is 0 Å². The molecule has 1 aromatic heterocycles. The van der Waals surface area contributed by atoms with Crippen molar-refractivity contribution in [3.05, 3.63) is 95.7 Å². The molecule has 0 aliphatic carbocycles. The molecular weight excluding hydrogens is 466 g/mol. The predicted molar refractivity (Wildman–Crippen MR) is 136 cm³/mol. The van der Waals surface area contributed by atoms with Crippen LogP contribution in [0.2, 0.25) is 0 Å². The summed E-state index contributed by atoms with van der Waals surface area (Å²) < 4.78 is 22.8. The number of aryl methyl sites for hydroxylation is 1. The molecule has 4 aromatic rings. The first-order valence-corrected chi connectivity index (χ1v) is 13.2. The highest BCUT2D eigenvalue weighted by Crippen LogP contribution is 2.35. The molecule has 3 N–H and O–H groups in total. The first kappa shape index (κ1) is 23.8. The summed E-state index contributed by atoms with van der Waals surface area (Å²) in [6.07, 6.45) is 0.755. The van der Waals surface area contributed by atoms with Gasteiger partial charge in [0.2, 0.25) is 15.9 Å². The minimum Gasteiger partial charge on any atom is -0.355 e. The lowest BCUT2D eigenvalue weighted by atomic mass is 10.1. The lowest BCUT2D eigenvalue weighted by molar-refractivity contribution is -0.120. The standard InChI is InChI=1S/C26H25N3O3S2/c1-18-7-11-20(12-8-18)25-23(29-26(33-25)21-5-3-2-4-6-21)17-24(30)28-16-15-19-9-13-22(14-10-19)34(27,31)32/h2-14H,15-17H2,1H3,(H,28,30)(H2,27,31,32). The number of rotatable bonds is 8. The van der Waals surface area contributed by atoms with E-state index in [1.807, 2.05) is 37.3 Å². The van der Waals surface area contributed by atoms with Crippen LogP contribution in [0.4, 0.5) is 0 Å². The van der Waals surface area contributed by atoms with Crippen LogP contribution < -0.4 is 10.5 Å². The van der Waals surface area contributed by atoms with Crippen LogP contribution in [0.3, 0.4) is 0 Å². The molecule has 0 saturated heterocycles. The van der Waals surface area contributed by atoms with E-state index in [0.717, 1.165) is 32.3 Å². The number of carbonyl (C=O) groups is 1.